The van der Waals surface area contributed by atoms with Crippen molar-refractivity contribution < 1.29 is 31.5 Å². The molecule has 0 bridgehead atoms. The zero-order chi connectivity index (χ0) is 39.0. The zero-order valence-electron chi connectivity index (χ0n) is 30.7. The molecule has 3 aromatic carbocycles. The summed E-state index contributed by atoms with van der Waals surface area (Å²) in [6.07, 6.45) is -2.10. The number of hydrogen-bond donors (Lipinski definition) is 2. The number of pyridine rings is 1. The number of benzene rings is 3. The highest BCUT2D eigenvalue weighted by Gasteiger charge is 2.41. The molecule has 0 unspecified atom stereocenters. The molecule has 5 aromatic rings. The smallest absolute Gasteiger partial charge is 0.266 e. The molecule has 2 fully saturated rings. The van der Waals surface area contributed by atoms with Gasteiger partial charge < -0.3 is 5.32 Å². The molecule has 7 rings (SSSR count). The highest BCUT2D eigenvalue weighted by atomic mass is 19.3. The molecule has 286 valence electrons. The van der Waals surface area contributed by atoms with Crippen molar-refractivity contribution in [2.24, 2.45) is 0 Å². The summed E-state index contributed by atoms with van der Waals surface area (Å²) in [5.41, 5.74) is 2.67. The highest BCUT2D eigenvalue weighted by Crippen LogP contribution is 2.40. The van der Waals surface area contributed by atoms with E-state index in [0.717, 1.165) is 22.6 Å². The van der Waals surface area contributed by atoms with Crippen LogP contribution >= 0.6 is 0 Å². The second kappa shape index (κ2) is 15.4. The van der Waals surface area contributed by atoms with Gasteiger partial charge in [0.25, 0.3) is 12.9 Å². The minimum Gasteiger partial charge on any atom is -0.361 e. The summed E-state index contributed by atoms with van der Waals surface area (Å²) in [7, 11) is 0. The van der Waals surface area contributed by atoms with Crippen LogP contribution in [-0.4, -0.2) is 45.0 Å². The molecule has 2 saturated heterocycles. The van der Waals surface area contributed by atoms with Gasteiger partial charge in [-0.25, -0.2) is 22.0 Å². The number of imide groups is 1. The standard InChI is InChI=1S/C42H41F5N6O2/c1-23(29-8-5-9-31(37(29)43)38(44)45)49-40-33-20-35(48-21-34(33)24(2)51-52-40)27-7-4-6-25(18-27)22-53-16-13-26(14-17-53)30-11-10-28(19-32(30)39(46)47)42(3)15-12-36(54)50-41(42)55/h4-11,18-21,23,26,38-39H,12-17,22H2,1-3H3,(H,49,52)(H,50,54,55)/t23-,42-/m1/s1. The quantitative estimate of drug-likeness (QED) is 0.108. The van der Waals surface area contributed by atoms with Gasteiger partial charge in [0.15, 0.2) is 5.82 Å². The van der Waals surface area contributed by atoms with Crippen LogP contribution in [0.2, 0.25) is 0 Å². The fraction of sp³-hybridized carbons (Fsp3) is 0.357. The largest absolute Gasteiger partial charge is 0.361 e. The predicted molar refractivity (Wildman–Crippen MR) is 199 cm³/mol. The summed E-state index contributed by atoms with van der Waals surface area (Å²) in [6.45, 7) is 7.25. The Kier molecular flexibility index (Phi) is 10.7. The monoisotopic (exact) mass is 756 g/mol. The average molecular weight is 757 g/mol. The van der Waals surface area contributed by atoms with Gasteiger partial charge in [-0.3, -0.25) is 24.8 Å². The topological polar surface area (TPSA) is 100 Å². The van der Waals surface area contributed by atoms with Crippen molar-refractivity contribution in [2.45, 2.75) is 83.2 Å². The van der Waals surface area contributed by atoms with Gasteiger partial charge in [-0.2, -0.15) is 5.10 Å². The van der Waals surface area contributed by atoms with E-state index in [1.54, 1.807) is 32.2 Å². The first-order valence-electron chi connectivity index (χ1n) is 18.4. The molecule has 55 heavy (non-hydrogen) atoms. The van der Waals surface area contributed by atoms with E-state index in [4.69, 9.17) is 4.98 Å². The average Bonchev–Trinajstić information content (AvgIpc) is 3.17. The number of nitrogens with one attached hydrogen (secondary N) is 2. The van der Waals surface area contributed by atoms with Crippen LogP contribution in [0.5, 0.6) is 0 Å². The Morgan fingerprint density at radius 3 is 2.36 bits per heavy atom. The molecular weight excluding hydrogens is 715 g/mol. The van der Waals surface area contributed by atoms with Crippen LogP contribution in [0.15, 0.2) is 72.9 Å². The Bertz CT molecular complexity index is 2260. The Morgan fingerprint density at radius 2 is 1.64 bits per heavy atom. The molecule has 2 N–H and O–H groups in total. The minimum atomic E-state index is -2.94. The molecule has 0 spiro atoms. The van der Waals surface area contributed by atoms with Crippen LogP contribution in [0.4, 0.5) is 27.8 Å². The molecule has 2 atom stereocenters. The van der Waals surface area contributed by atoms with Gasteiger partial charge in [0.2, 0.25) is 11.8 Å². The van der Waals surface area contributed by atoms with Gasteiger partial charge >= 0.3 is 0 Å². The lowest BCUT2D eigenvalue weighted by molar-refractivity contribution is -0.137. The fourth-order valence-corrected chi connectivity index (χ4v) is 7.84. The molecule has 0 radical (unpaired) electrons. The first-order valence-corrected chi connectivity index (χ1v) is 18.4. The van der Waals surface area contributed by atoms with Crippen molar-refractivity contribution in [1.29, 1.82) is 0 Å². The number of likely N-dealkylation sites (tertiary alicyclic amines) is 1. The maximum atomic E-state index is 15.0. The van der Waals surface area contributed by atoms with E-state index in [2.05, 4.69) is 31.8 Å². The van der Waals surface area contributed by atoms with Gasteiger partial charge in [0.1, 0.15) is 5.82 Å². The Labute approximate surface area is 315 Å². The molecule has 13 heteroatoms. The number of piperidine rings is 2. The lowest BCUT2D eigenvalue weighted by atomic mass is 9.74. The van der Waals surface area contributed by atoms with E-state index in [9.17, 15) is 31.5 Å². The lowest BCUT2D eigenvalue weighted by Crippen LogP contribution is -2.49. The predicted octanol–water partition coefficient (Wildman–Crippen LogP) is 9.26. The second-order valence-electron chi connectivity index (χ2n) is 14.8. The van der Waals surface area contributed by atoms with Gasteiger partial charge in [-0.1, -0.05) is 48.5 Å². The van der Waals surface area contributed by atoms with Crippen LogP contribution in [0.1, 0.15) is 103 Å². The van der Waals surface area contributed by atoms with Gasteiger partial charge in [0, 0.05) is 46.6 Å². The van der Waals surface area contributed by atoms with Crippen LogP contribution in [0.25, 0.3) is 22.0 Å². The van der Waals surface area contributed by atoms with Crippen LogP contribution in [0, 0.1) is 12.7 Å². The lowest BCUT2D eigenvalue weighted by Gasteiger charge is -2.35. The van der Waals surface area contributed by atoms with Crippen molar-refractivity contribution in [3.63, 3.8) is 0 Å². The number of rotatable bonds is 10. The molecule has 2 aromatic heterocycles. The van der Waals surface area contributed by atoms with Gasteiger partial charge in [0.05, 0.1) is 28.4 Å². The Morgan fingerprint density at radius 1 is 0.909 bits per heavy atom. The van der Waals surface area contributed by atoms with E-state index in [1.165, 1.54) is 18.2 Å². The molecular formula is C42H41F5N6O2. The summed E-state index contributed by atoms with van der Waals surface area (Å²) >= 11 is 0. The van der Waals surface area contributed by atoms with E-state index >= 15 is 0 Å². The van der Waals surface area contributed by atoms with Gasteiger partial charge in [-0.15, -0.1) is 5.10 Å². The molecule has 0 aliphatic carbocycles. The number of carbonyl (C=O) groups is 2. The normalized spacial score (nSPS) is 18.9. The number of alkyl halides is 4. The molecule has 2 aliphatic rings. The van der Waals surface area contributed by atoms with E-state index in [1.807, 2.05) is 31.2 Å². The number of anilines is 1. The summed E-state index contributed by atoms with van der Waals surface area (Å²) in [6, 6.07) is 18.1. The number of nitrogens with zero attached hydrogens (tertiary/aromatic N) is 4. The number of fused-ring (bicyclic) bond motifs is 1. The molecule has 8 nitrogen and oxygen atoms in total. The highest BCUT2D eigenvalue weighted by molar-refractivity contribution is 6.03. The summed E-state index contributed by atoms with van der Waals surface area (Å²) in [4.78, 5) is 31.4. The second-order valence-corrected chi connectivity index (χ2v) is 14.8. The summed E-state index contributed by atoms with van der Waals surface area (Å²) in [5, 5.41) is 15.5. The van der Waals surface area contributed by atoms with Gasteiger partial charge in [-0.05, 0) is 93.9 Å². The number of aryl methyl sites for hydroxylation is 1. The van der Waals surface area contributed by atoms with Crippen molar-refractivity contribution >= 4 is 28.4 Å². The molecule has 4 heterocycles. The molecule has 0 saturated carbocycles. The van der Waals surface area contributed by atoms with Crippen molar-refractivity contribution in [1.82, 2.24) is 25.4 Å². The number of aromatic nitrogens is 3. The summed E-state index contributed by atoms with van der Waals surface area (Å²) in [5.74, 6) is -1.46. The number of amides is 2. The van der Waals surface area contributed by atoms with Crippen molar-refractivity contribution in [3.05, 3.63) is 118 Å². The van der Waals surface area contributed by atoms with Crippen LogP contribution in [-0.2, 0) is 21.5 Å². The van der Waals surface area contributed by atoms with Crippen LogP contribution in [0.3, 0.4) is 0 Å². The van der Waals surface area contributed by atoms with Crippen molar-refractivity contribution in [3.8, 4) is 11.3 Å². The third kappa shape index (κ3) is 7.67. The third-order valence-electron chi connectivity index (χ3n) is 11.2. The Balaban J connectivity index is 1.05. The fourth-order valence-electron chi connectivity index (χ4n) is 7.84. The summed E-state index contributed by atoms with van der Waals surface area (Å²) < 4.78 is 70.6. The SMILES string of the molecule is Cc1nnc(N[C@H](C)c2cccc(C(F)F)c2F)c2cc(-c3cccc(CN4CCC(c5ccc([C@@]6(C)CCC(=O)NC6=O)cc5C(F)F)CC4)c3)ncc12. The first kappa shape index (κ1) is 38.0. The van der Waals surface area contributed by atoms with E-state index < -0.39 is 41.6 Å². The van der Waals surface area contributed by atoms with E-state index in [0.29, 0.717) is 66.2 Å². The zero-order valence-corrected chi connectivity index (χ0v) is 30.7. The number of carbonyl (C=O) groups excluding carboxylic acids is 2. The minimum absolute atomic E-state index is 0.0560. The van der Waals surface area contributed by atoms with Crippen molar-refractivity contribution in [2.75, 3.05) is 18.4 Å². The Hall–Kier alpha value is -5.30. The number of halogens is 5. The first-order chi connectivity index (χ1) is 26.3. The third-order valence-corrected chi connectivity index (χ3v) is 11.2. The number of hydrogen-bond acceptors (Lipinski definition) is 7. The maximum absolute atomic E-state index is 15.0. The van der Waals surface area contributed by atoms with Crippen LogP contribution < -0.4 is 10.6 Å². The van der Waals surface area contributed by atoms with E-state index in [-0.39, 0.29) is 35.8 Å². The molecule has 2 amide bonds. The maximum Gasteiger partial charge on any atom is 0.266 e. The molecule has 2 aliphatic heterocycles.